The van der Waals surface area contributed by atoms with Crippen molar-refractivity contribution in [2.24, 2.45) is 0 Å². The fourth-order valence-corrected chi connectivity index (χ4v) is 3.51. The number of benzene rings is 3. The summed E-state index contributed by atoms with van der Waals surface area (Å²) in [4.78, 5) is 28.0. The van der Waals surface area contributed by atoms with E-state index < -0.39 is 6.04 Å². The van der Waals surface area contributed by atoms with Crippen LogP contribution in [0.5, 0.6) is 0 Å². The molecule has 3 aromatic rings. The van der Waals surface area contributed by atoms with Crippen LogP contribution in [0, 0.1) is 5.82 Å². The Morgan fingerprint density at radius 2 is 1.44 bits per heavy atom. The highest BCUT2D eigenvalue weighted by Crippen LogP contribution is 2.17. The molecule has 1 atom stereocenters. The second-order valence-electron chi connectivity index (χ2n) is 7.53. The van der Waals surface area contributed by atoms with E-state index in [1.807, 2.05) is 60.7 Å². The summed E-state index contributed by atoms with van der Waals surface area (Å²) < 4.78 is 13.4. The lowest BCUT2D eigenvalue weighted by atomic mass is 10.0. The topological polar surface area (TPSA) is 69.6 Å². The lowest BCUT2D eigenvalue weighted by molar-refractivity contribution is -0.140. The van der Waals surface area contributed by atoms with Crippen LogP contribution in [0.1, 0.15) is 16.7 Å². The smallest absolute Gasteiger partial charge is 0.243 e. The summed E-state index contributed by atoms with van der Waals surface area (Å²) in [6.45, 7) is 0.0666. The second-order valence-corrected chi connectivity index (χ2v) is 7.53. The van der Waals surface area contributed by atoms with E-state index in [1.165, 1.54) is 12.1 Å². The van der Waals surface area contributed by atoms with Gasteiger partial charge in [0.25, 0.3) is 0 Å². The molecule has 32 heavy (non-hydrogen) atoms. The maximum Gasteiger partial charge on any atom is 0.243 e. The van der Waals surface area contributed by atoms with Crippen molar-refractivity contribution < 1.29 is 19.1 Å². The average Bonchev–Trinajstić information content (AvgIpc) is 2.82. The predicted octanol–water partition coefficient (Wildman–Crippen LogP) is 3.12. The van der Waals surface area contributed by atoms with E-state index in [2.05, 4.69) is 5.32 Å². The Hall–Kier alpha value is -3.51. The van der Waals surface area contributed by atoms with Gasteiger partial charge in [0.1, 0.15) is 11.9 Å². The van der Waals surface area contributed by atoms with Gasteiger partial charge in [0.15, 0.2) is 0 Å². The molecule has 1 unspecified atom stereocenters. The van der Waals surface area contributed by atoms with Gasteiger partial charge >= 0.3 is 0 Å². The molecule has 3 aromatic carbocycles. The molecule has 0 aliphatic rings. The maximum atomic E-state index is 13.4. The number of hydrogen-bond acceptors (Lipinski definition) is 3. The lowest BCUT2D eigenvalue weighted by Crippen LogP contribution is -2.51. The summed E-state index contributed by atoms with van der Waals surface area (Å²) >= 11 is 0. The number of carbonyl (C=O) groups excluding carboxylic acids is 2. The third kappa shape index (κ3) is 6.75. The summed E-state index contributed by atoms with van der Waals surface area (Å²) in [5.41, 5.74) is 2.48. The molecular formula is C26H27FN2O3. The minimum atomic E-state index is -0.787. The normalized spacial score (nSPS) is 11.6. The number of carbonyl (C=O) groups is 2. The van der Waals surface area contributed by atoms with Crippen molar-refractivity contribution in [2.45, 2.75) is 25.4 Å². The second kappa shape index (κ2) is 11.8. The fourth-order valence-electron chi connectivity index (χ4n) is 3.51. The number of nitrogens with zero attached hydrogens (tertiary/aromatic N) is 1. The molecule has 0 fully saturated rings. The first-order valence-corrected chi connectivity index (χ1v) is 10.6. The Bertz CT molecular complexity index is 995. The molecule has 0 heterocycles. The van der Waals surface area contributed by atoms with E-state index in [4.69, 9.17) is 5.11 Å². The van der Waals surface area contributed by atoms with Crippen LogP contribution in [-0.2, 0) is 29.0 Å². The summed E-state index contributed by atoms with van der Waals surface area (Å²) in [5.74, 6) is -0.913. The molecule has 2 amide bonds. The summed E-state index contributed by atoms with van der Waals surface area (Å²) in [7, 11) is 0. The van der Waals surface area contributed by atoms with E-state index in [0.717, 1.165) is 16.7 Å². The van der Waals surface area contributed by atoms with Crippen LogP contribution in [-0.4, -0.2) is 41.0 Å². The Labute approximate surface area is 187 Å². The Morgan fingerprint density at radius 3 is 2.03 bits per heavy atom. The largest absolute Gasteiger partial charge is 0.395 e. The molecular weight excluding hydrogens is 407 g/mol. The van der Waals surface area contributed by atoms with Gasteiger partial charge in [0.05, 0.1) is 13.0 Å². The van der Waals surface area contributed by atoms with Crippen LogP contribution in [0.25, 0.3) is 0 Å². The third-order valence-corrected chi connectivity index (χ3v) is 5.15. The third-order valence-electron chi connectivity index (χ3n) is 5.15. The molecule has 0 bridgehead atoms. The van der Waals surface area contributed by atoms with Gasteiger partial charge in [-0.3, -0.25) is 9.59 Å². The van der Waals surface area contributed by atoms with Crippen LogP contribution in [0.3, 0.4) is 0 Å². The number of rotatable bonds is 10. The van der Waals surface area contributed by atoms with Gasteiger partial charge in [-0.15, -0.1) is 0 Å². The highest BCUT2D eigenvalue weighted by molar-refractivity contribution is 5.88. The highest BCUT2D eigenvalue weighted by atomic mass is 19.1. The minimum Gasteiger partial charge on any atom is -0.395 e. The Balaban J connectivity index is 1.93. The van der Waals surface area contributed by atoms with Crippen molar-refractivity contribution in [2.75, 3.05) is 13.2 Å². The number of nitrogens with one attached hydrogen (secondary N) is 1. The molecule has 0 radical (unpaired) electrons. The van der Waals surface area contributed by atoms with Crippen molar-refractivity contribution in [3.05, 3.63) is 107 Å². The molecule has 166 valence electrons. The van der Waals surface area contributed by atoms with Crippen molar-refractivity contribution in [1.29, 1.82) is 0 Å². The van der Waals surface area contributed by atoms with Gasteiger partial charge < -0.3 is 15.3 Å². The zero-order valence-electron chi connectivity index (χ0n) is 17.8. The monoisotopic (exact) mass is 434 g/mol. The first-order chi connectivity index (χ1) is 15.6. The van der Waals surface area contributed by atoms with E-state index in [9.17, 15) is 14.0 Å². The van der Waals surface area contributed by atoms with Gasteiger partial charge in [-0.25, -0.2) is 4.39 Å². The van der Waals surface area contributed by atoms with Gasteiger partial charge in [0, 0.05) is 19.5 Å². The van der Waals surface area contributed by atoms with E-state index >= 15 is 0 Å². The summed E-state index contributed by atoms with van der Waals surface area (Å²) in [5, 5.41) is 11.9. The van der Waals surface area contributed by atoms with Gasteiger partial charge in [0.2, 0.25) is 11.8 Å². The van der Waals surface area contributed by atoms with Gasteiger partial charge in [-0.05, 0) is 28.8 Å². The van der Waals surface area contributed by atoms with E-state index in [-0.39, 0.29) is 43.7 Å². The molecule has 6 heteroatoms. The molecule has 5 nitrogen and oxygen atoms in total. The Kier molecular flexibility index (Phi) is 8.52. The molecule has 0 aliphatic carbocycles. The minimum absolute atomic E-state index is 0.0986. The van der Waals surface area contributed by atoms with Gasteiger partial charge in [-0.2, -0.15) is 0 Å². The van der Waals surface area contributed by atoms with Crippen molar-refractivity contribution in [1.82, 2.24) is 10.2 Å². The Morgan fingerprint density at radius 1 is 0.844 bits per heavy atom. The zero-order valence-corrected chi connectivity index (χ0v) is 17.8. The first kappa shape index (κ1) is 23.2. The lowest BCUT2D eigenvalue weighted by Gasteiger charge is -2.31. The summed E-state index contributed by atoms with van der Waals surface area (Å²) in [6.07, 6.45) is 0.459. The molecule has 0 saturated heterocycles. The van der Waals surface area contributed by atoms with Crippen molar-refractivity contribution >= 4 is 11.8 Å². The first-order valence-electron chi connectivity index (χ1n) is 10.6. The zero-order chi connectivity index (χ0) is 22.8. The van der Waals surface area contributed by atoms with Crippen LogP contribution in [0.15, 0.2) is 84.9 Å². The number of hydrogen-bond donors (Lipinski definition) is 2. The quantitative estimate of drug-likeness (QED) is 0.515. The molecule has 2 N–H and O–H groups in total. The van der Waals surface area contributed by atoms with Crippen LogP contribution >= 0.6 is 0 Å². The van der Waals surface area contributed by atoms with E-state index in [0.29, 0.717) is 6.42 Å². The highest BCUT2D eigenvalue weighted by Gasteiger charge is 2.30. The molecule has 0 saturated carbocycles. The van der Waals surface area contributed by atoms with Crippen LogP contribution in [0.2, 0.25) is 0 Å². The summed E-state index contributed by atoms with van der Waals surface area (Å²) in [6, 6.07) is 23.9. The maximum absolute atomic E-state index is 13.4. The fraction of sp³-hybridized carbons (Fsp3) is 0.231. The van der Waals surface area contributed by atoms with Crippen LogP contribution in [0.4, 0.5) is 4.39 Å². The number of halogens is 1. The number of aliphatic hydroxyl groups excluding tert-OH is 1. The van der Waals surface area contributed by atoms with Crippen molar-refractivity contribution in [3.63, 3.8) is 0 Å². The SMILES string of the molecule is O=C(NCCO)C(Cc1ccccc1)N(Cc1ccc(F)cc1)C(=O)Cc1ccccc1. The van der Waals surface area contributed by atoms with Gasteiger partial charge in [-0.1, -0.05) is 72.8 Å². The van der Waals surface area contributed by atoms with Crippen molar-refractivity contribution in [3.8, 4) is 0 Å². The molecule has 0 aliphatic heterocycles. The standard InChI is InChI=1S/C26H27FN2O3/c27-23-13-11-22(12-14-23)19-29(25(31)18-21-9-5-2-6-10-21)24(26(32)28-15-16-30)17-20-7-3-1-4-8-20/h1-14,24,30H,15-19H2,(H,28,32). The average molecular weight is 435 g/mol. The van der Waals surface area contributed by atoms with Crippen LogP contribution < -0.4 is 5.32 Å². The predicted molar refractivity (Wildman–Crippen MR) is 121 cm³/mol. The molecule has 0 aromatic heterocycles. The molecule has 0 spiro atoms. The molecule has 3 rings (SSSR count). The van der Waals surface area contributed by atoms with E-state index in [1.54, 1.807) is 17.0 Å². The number of amides is 2. The number of aliphatic hydroxyl groups is 1.